The Morgan fingerprint density at radius 2 is 1.81 bits per heavy atom. The lowest BCUT2D eigenvalue weighted by Crippen LogP contribution is -2.06. The van der Waals surface area contributed by atoms with Crippen LogP contribution < -0.4 is 5.32 Å². The molecule has 21 heavy (non-hydrogen) atoms. The van der Waals surface area contributed by atoms with E-state index in [1.165, 1.54) is 9.79 Å². The van der Waals surface area contributed by atoms with Gasteiger partial charge >= 0.3 is 0 Å². The molecule has 0 unspecified atom stereocenters. The van der Waals surface area contributed by atoms with Gasteiger partial charge in [0.25, 0.3) is 0 Å². The molecule has 0 atom stereocenters. The average molecular weight is 295 g/mol. The second-order valence-corrected chi connectivity index (χ2v) is 5.83. The SMILES string of the molecule is Cn1ccnc1CNc1ccccc1Sc1ccccc1. The van der Waals surface area contributed by atoms with Gasteiger partial charge in [0.05, 0.1) is 6.54 Å². The number of nitrogens with one attached hydrogen (secondary N) is 1. The van der Waals surface area contributed by atoms with Crippen molar-refractivity contribution in [3.8, 4) is 0 Å². The highest BCUT2D eigenvalue weighted by molar-refractivity contribution is 7.99. The van der Waals surface area contributed by atoms with Gasteiger partial charge in [0.1, 0.15) is 5.82 Å². The fraction of sp³-hybridized carbons (Fsp3) is 0.118. The average Bonchev–Trinajstić information content (AvgIpc) is 2.93. The van der Waals surface area contributed by atoms with Crippen LogP contribution in [-0.4, -0.2) is 9.55 Å². The Balaban J connectivity index is 1.75. The molecule has 0 aliphatic heterocycles. The lowest BCUT2D eigenvalue weighted by atomic mass is 10.3. The molecule has 0 fully saturated rings. The predicted molar refractivity (Wildman–Crippen MR) is 87.5 cm³/mol. The van der Waals surface area contributed by atoms with Gasteiger partial charge in [0.2, 0.25) is 0 Å². The number of rotatable bonds is 5. The molecule has 3 aromatic rings. The van der Waals surface area contributed by atoms with Crippen LogP contribution in [0.4, 0.5) is 5.69 Å². The van der Waals surface area contributed by atoms with E-state index in [1.807, 2.05) is 30.1 Å². The maximum Gasteiger partial charge on any atom is 0.127 e. The quantitative estimate of drug-likeness (QED) is 0.765. The molecule has 0 bridgehead atoms. The van der Waals surface area contributed by atoms with Crippen molar-refractivity contribution in [1.82, 2.24) is 9.55 Å². The molecule has 3 rings (SSSR count). The van der Waals surface area contributed by atoms with E-state index < -0.39 is 0 Å². The van der Waals surface area contributed by atoms with Crippen molar-refractivity contribution < 1.29 is 0 Å². The summed E-state index contributed by atoms with van der Waals surface area (Å²) in [7, 11) is 2.01. The summed E-state index contributed by atoms with van der Waals surface area (Å²) in [6.07, 6.45) is 3.78. The largest absolute Gasteiger partial charge is 0.377 e. The summed E-state index contributed by atoms with van der Waals surface area (Å²) < 4.78 is 2.03. The Morgan fingerprint density at radius 1 is 1.05 bits per heavy atom. The fourth-order valence-electron chi connectivity index (χ4n) is 2.06. The molecular formula is C17H17N3S. The van der Waals surface area contributed by atoms with Crippen molar-refractivity contribution in [1.29, 1.82) is 0 Å². The fourth-order valence-corrected chi connectivity index (χ4v) is 3.00. The van der Waals surface area contributed by atoms with Crippen molar-refractivity contribution in [2.45, 2.75) is 16.3 Å². The minimum absolute atomic E-state index is 0.718. The molecule has 0 radical (unpaired) electrons. The van der Waals surface area contributed by atoms with Gasteiger partial charge in [-0.05, 0) is 24.3 Å². The molecule has 0 aliphatic carbocycles. The third-order valence-corrected chi connectivity index (χ3v) is 4.30. The highest BCUT2D eigenvalue weighted by atomic mass is 32.2. The molecule has 0 saturated carbocycles. The van der Waals surface area contributed by atoms with Crippen molar-refractivity contribution >= 4 is 17.4 Å². The minimum atomic E-state index is 0.718. The van der Waals surface area contributed by atoms with Gasteiger partial charge in [0.15, 0.2) is 0 Å². The summed E-state index contributed by atoms with van der Waals surface area (Å²) in [6.45, 7) is 0.718. The molecule has 1 N–H and O–H groups in total. The van der Waals surface area contributed by atoms with E-state index in [0.29, 0.717) is 0 Å². The highest BCUT2D eigenvalue weighted by Crippen LogP contribution is 2.33. The van der Waals surface area contributed by atoms with Gasteiger partial charge in [-0.25, -0.2) is 4.98 Å². The molecule has 106 valence electrons. The van der Waals surface area contributed by atoms with Crippen LogP contribution in [0.2, 0.25) is 0 Å². The van der Waals surface area contributed by atoms with Crippen LogP contribution in [0, 0.1) is 0 Å². The number of benzene rings is 2. The smallest absolute Gasteiger partial charge is 0.127 e. The number of imidazole rings is 1. The van der Waals surface area contributed by atoms with E-state index in [9.17, 15) is 0 Å². The first-order chi connectivity index (χ1) is 10.3. The normalized spacial score (nSPS) is 10.5. The van der Waals surface area contributed by atoms with Crippen LogP contribution in [0.5, 0.6) is 0 Å². The van der Waals surface area contributed by atoms with Crippen molar-refractivity contribution in [3.63, 3.8) is 0 Å². The number of para-hydroxylation sites is 1. The maximum atomic E-state index is 4.34. The van der Waals surface area contributed by atoms with Crippen molar-refractivity contribution in [3.05, 3.63) is 72.8 Å². The molecule has 0 spiro atoms. The van der Waals surface area contributed by atoms with Gasteiger partial charge in [0, 0.05) is 34.9 Å². The first-order valence-electron chi connectivity index (χ1n) is 6.85. The first-order valence-corrected chi connectivity index (χ1v) is 7.66. The first kappa shape index (κ1) is 13.8. The summed E-state index contributed by atoms with van der Waals surface area (Å²) in [5.74, 6) is 1.02. The predicted octanol–water partition coefficient (Wildman–Crippen LogP) is 4.18. The Morgan fingerprint density at radius 3 is 2.57 bits per heavy atom. The van der Waals surface area contributed by atoms with E-state index in [1.54, 1.807) is 11.8 Å². The Kier molecular flexibility index (Phi) is 4.26. The van der Waals surface area contributed by atoms with E-state index >= 15 is 0 Å². The zero-order valence-corrected chi connectivity index (χ0v) is 12.7. The summed E-state index contributed by atoms with van der Waals surface area (Å²) in [6, 6.07) is 18.8. The van der Waals surface area contributed by atoms with E-state index in [0.717, 1.165) is 18.1 Å². The number of aromatic nitrogens is 2. The Labute approximate surface area is 129 Å². The molecule has 0 amide bonds. The molecule has 0 saturated heterocycles. The van der Waals surface area contributed by atoms with E-state index in [2.05, 4.69) is 58.8 Å². The van der Waals surface area contributed by atoms with Crippen LogP contribution in [0.1, 0.15) is 5.82 Å². The van der Waals surface area contributed by atoms with Crippen LogP contribution in [0.25, 0.3) is 0 Å². The Hall–Kier alpha value is -2.20. The third-order valence-electron chi connectivity index (χ3n) is 3.22. The molecule has 3 nitrogen and oxygen atoms in total. The maximum absolute atomic E-state index is 4.34. The second-order valence-electron chi connectivity index (χ2n) is 4.72. The number of aryl methyl sites for hydroxylation is 1. The monoisotopic (exact) mass is 295 g/mol. The van der Waals surface area contributed by atoms with Crippen molar-refractivity contribution in [2.24, 2.45) is 7.05 Å². The van der Waals surface area contributed by atoms with Crippen LogP contribution in [0.3, 0.4) is 0 Å². The minimum Gasteiger partial charge on any atom is -0.377 e. The lowest BCUT2D eigenvalue weighted by Gasteiger charge is -2.11. The summed E-state index contributed by atoms with van der Waals surface area (Å²) in [5.41, 5.74) is 1.13. The summed E-state index contributed by atoms with van der Waals surface area (Å²) >= 11 is 1.77. The van der Waals surface area contributed by atoms with Gasteiger partial charge in [-0.1, -0.05) is 42.1 Å². The molecule has 0 aliphatic rings. The van der Waals surface area contributed by atoms with Gasteiger partial charge in [-0.15, -0.1) is 0 Å². The van der Waals surface area contributed by atoms with Crippen molar-refractivity contribution in [2.75, 3.05) is 5.32 Å². The molecule has 1 aromatic heterocycles. The molecule has 4 heteroatoms. The van der Waals surface area contributed by atoms with Crippen LogP contribution in [0.15, 0.2) is 76.8 Å². The Bertz CT molecular complexity index is 707. The highest BCUT2D eigenvalue weighted by Gasteiger charge is 2.05. The summed E-state index contributed by atoms with van der Waals surface area (Å²) in [4.78, 5) is 6.80. The topological polar surface area (TPSA) is 29.9 Å². The number of hydrogen-bond donors (Lipinski definition) is 1. The van der Waals surface area contributed by atoms with Crippen LogP contribution in [-0.2, 0) is 13.6 Å². The lowest BCUT2D eigenvalue weighted by molar-refractivity contribution is 0.812. The van der Waals surface area contributed by atoms with Crippen LogP contribution >= 0.6 is 11.8 Å². The van der Waals surface area contributed by atoms with E-state index in [4.69, 9.17) is 0 Å². The standard InChI is InChI=1S/C17H17N3S/c1-20-12-11-18-17(20)13-19-15-9-5-6-10-16(15)21-14-7-3-2-4-8-14/h2-12,19H,13H2,1H3. The number of hydrogen-bond acceptors (Lipinski definition) is 3. The van der Waals surface area contributed by atoms with E-state index in [-0.39, 0.29) is 0 Å². The zero-order valence-electron chi connectivity index (χ0n) is 11.9. The second kappa shape index (κ2) is 6.50. The van der Waals surface area contributed by atoms with Gasteiger partial charge in [-0.3, -0.25) is 0 Å². The van der Waals surface area contributed by atoms with Gasteiger partial charge in [-0.2, -0.15) is 0 Å². The van der Waals surface area contributed by atoms with Gasteiger partial charge < -0.3 is 9.88 Å². The molecule has 2 aromatic carbocycles. The molecule has 1 heterocycles. The zero-order chi connectivity index (χ0) is 14.5. The number of anilines is 1. The molecular weight excluding hydrogens is 278 g/mol. The number of nitrogens with zero attached hydrogens (tertiary/aromatic N) is 2. The third kappa shape index (κ3) is 3.47. The summed E-state index contributed by atoms with van der Waals surface area (Å²) in [5, 5.41) is 3.47.